The van der Waals surface area contributed by atoms with E-state index in [0.717, 1.165) is 17.0 Å². The van der Waals surface area contributed by atoms with Crippen LogP contribution in [0.15, 0.2) is 35.5 Å². The summed E-state index contributed by atoms with van der Waals surface area (Å²) in [5.41, 5.74) is 2.84. The van der Waals surface area contributed by atoms with Crippen molar-refractivity contribution in [2.75, 3.05) is 6.61 Å². The van der Waals surface area contributed by atoms with Gasteiger partial charge in [-0.3, -0.25) is 10.1 Å². The Hall–Kier alpha value is -2.94. The number of hydrogen-bond donors (Lipinski definition) is 2. The molecule has 0 unspecified atom stereocenters. The molecular formula is C20H24N4O4S. The molecule has 0 aliphatic heterocycles. The van der Waals surface area contributed by atoms with Gasteiger partial charge in [-0.15, -0.1) is 0 Å². The van der Waals surface area contributed by atoms with E-state index in [0.29, 0.717) is 16.5 Å². The van der Waals surface area contributed by atoms with Crippen LogP contribution in [-0.2, 0) is 15.3 Å². The summed E-state index contributed by atoms with van der Waals surface area (Å²) in [5.74, 6) is -0.870. The maximum absolute atomic E-state index is 12.4. The highest BCUT2D eigenvalue weighted by Gasteiger charge is 2.16. The standard InChI is InChI=1S/C20H24N4O4S/c1-12(2)21-19(27)24-17(25)10-28-18(26)16-8-6-5-7-15(16)11-29-20-22-13(3)9-14(4)23-20/h5-9,12H,10-11H2,1-4H3,(H2,21,24,25,27). The average Bonchev–Trinajstić information content (AvgIpc) is 2.63. The number of imide groups is 1. The second-order valence-electron chi connectivity index (χ2n) is 6.63. The summed E-state index contributed by atoms with van der Waals surface area (Å²) in [4.78, 5) is 44.4. The van der Waals surface area contributed by atoms with E-state index in [1.165, 1.54) is 11.8 Å². The second kappa shape index (κ2) is 10.6. The van der Waals surface area contributed by atoms with Crippen LogP contribution in [-0.4, -0.2) is 40.5 Å². The number of carbonyl (C=O) groups excluding carboxylic acids is 3. The van der Waals surface area contributed by atoms with E-state index in [9.17, 15) is 14.4 Å². The molecule has 2 rings (SSSR count). The second-order valence-corrected chi connectivity index (χ2v) is 7.57. The van der Waals surface area contributed by atoms with Crippen molar-refractivity contribution in [2.45, 2.75) is 44.6 Å². The molecular weight excluding hydrogens is 392 g/mol. The van der Waals surface area contributed by atoms with Crippen molar-refractivity contribution in [3.63, 3.8) is 0 Å². The lowest BCUT2D eigenvalue weighted by Crippen LogP contribution is -2.44. The van der Waals surface area contributed by atoms with Gasteiger partial charge in [0.25, 0.3) is 5.91 Å². The van der Waals surface area contributed by atoms with Crippen LogP contribution in [0.1, 0.15) is 41.2 Å². The number of nitrogens with zero attached hydrogens (tertiary/aromatic N) is 2. The van der Waals surface area contributed by atoms with Gasteiger partial charge in [0.2, 0.25) is 0 Å². The highest BCUT2D eigenvalue weighted by atomic mass is 32.2. The number of urea groups is 1. The Morgan fingerprint density at radius 2 is 1.76 bits per heavy atom. The molecule has 1 aromatic heterocycles. The molecule has 0 saturated carbocycles. The summed E-state index contributed by atoms with van der Waals surface area (Å²) in [6.45, 7) is 6.78. The largest absolute Gasteiger partial charge is 0.452 e. The topological polar surface area (TPSA) is 110 Å². The fraction of sp³-hybridized carbons (Fsp3) is 0.350. The van der Waals surface area contributed by atoms with Gasteiger partial charge >= 0.3 is 12.0 Å². The molecule has 0 saturated heterocycles. The van der Waals surface area contributed by atoms with Crippen molar-refractivity contribution in [3.8, 4) is 0 Å². The van der Waals surface area contributed by atoms with Gasteiger partial charge in [-0.05, 0) is 45.4 Å². The minimum atomic E-state index is -0.702. The number of hydrogen-bond acceptors (Lipinski definition) is 7. The summed E-state index contributed by atoms with van der Waals surface area (Å²) >= 11 is 1.41. The molecule has 0 atom stereocenters. The lowest BCUT2D eigenvalue weighted by atomic mass is 10.1. The van der Waals surface area contributed by atoms with Crippen molar-refractivity contribution in [1.29, 1.82) is 0 Å². The van der Waals surface area contributed by atoms with E-state index in [2.05, 4.69) is 20.6 Å². The number of nitrogens with one attached hydrogen (secondary N) is 2. The molecule has 0 fully saturated rings. The Bertz CT molecular complexity index is 882. The molecule has 0 radical (unpaired) electrons. The predicted octanol–water partition coefficient (Wildman–Crippen LogP) is 2.78. The van der Waals surface area contributed by atoms with Crippen LogP contribution in [0.4, 0.5) is 4.79 Å². The smallest absolute Gasteiger partial charge is 0.338 e. The third-order valence-corrected chi connectivity index (χ3v) is 4.46. The van der Waals surface area contributed by atoms with Gasteiger partial charge in [-0.1, -0.05) is 30.0 Å². The zero-order chi connectivity index (χ0) is 21.4. The molecule has 0 spiro atoms. The van der Waals surface area contributed by atoms with Gasteiger partial charge in [-0.2, -0.15) is 0 Å². The average molecular weight is 417 g/mol. The monoisotopic (exact) mass is 416 g/mol. The summed E-state index contributed by atoms with van der Waals surface area (Å²) in [5, 5.41) is 5.25. The quantitative estimate of drug-likeness (QED) is 0.406. The van der Waals surface area contributed by atoms with Gasteiger partial charge in [0.15, 0.2) is 11.8 Å². The first-order chi connectivity index (χ1) is 13.7. The maximum atomic E-state index is 12.4. The molecule has 2 aromatic rings. The fourth-order valence-electron chi connectivity index (χ4n) is 2.42. The molecule has 1 heterocycles. The summed E-state index contributed by atoms with van der Waals surface area (Å²) in [7, 11) is 0. The molecule has 0 aliphatic carbocycles. The Morgan fingerprint density at radius 1 is 1.10 bits per heavy atom. The normalized spacial score (nSPS) is 10.5. The number of thioether (sulfide) groups is 1. The SMILES string of the molecule is Cc1cc(C)nc(SCc2ccccc2C(=O)OCC(=O)NC(=O)NC(C)C)n1. The highest BCUT2D eigenvalue weighted by Crippen LogP contribution is 2.22. The summed E-state index contributed by atoms with van der Waals surface area (Å²) < 4.78 is 5.06. The molecule has 29 heavy (non-hydrogen) atoms. The fourth-order valence-corrected chi connectivity index (χ4v) is 3.37. The van der Waals surface area contributed by atoms with Crippen molar-refractivity contribution in [1.82, 2.24) is 20.6 Å². The van der Waals surface area contributed by atoms with Crippen LogP contribution in [0.5, 0.6) is 0 Å². The van der Waals surface area contributed by atoms with Gasteiger partial charge in [0.05, 0.1) is 5.56 Å². The first-order valence-electron chi connectivity index (χ1n) is 9.05. The van der Waals surface area contributed by atoms with Gasteiger partial charge in [-0.25, -0.2) is 19.6 Å². The Kier molecular flexibility index (Phi) is 8.14. The summed E-state index contributed by atoms with van der Waals surface area (Å²) in [6.07, 6.45) is 0. The number of rotatable bonds is 7. The van der Waals surface area contributed by atoms with Gasteiger partial charge in [0.1, 0.15) is 0 Å². The molecule has 9 heteroatoms. The number of ether oxygens (including phenoxy) is 1. The Morgan fingerprint density at radius 3 is 2.41 bits per heavy atom. The third-order valence-electron chi connectivity index (χ3n) is 3.56. The molecule has 154 valence electrons. The molecule has 1 aromatic carbocycles. The van der Waals surface area contributed by atoms with Crippen LogP contribution >= 0.6 is 11.8 Å². The van der Waals surface area contributed by atoms with E-state index >= 15 is 0 Å². The minimum Gasteiger partial charge on any atom is -0.452 e. The first-order valence-corrected chi connectivity index (χ1v) is 10.0. The number of aryl methyl sites for hydroxylation is 2. The summed E-state index contributed by atoms with van der Waals surface area (Å²) in [6, 6.07) is 8.11. The number of benzene rings is 1. The molecule has 8 nitrogen and oxygen atoms in total. The highest BCUT2D eigenvalue weighted by molar-refractivity contribution is 7.98. The molecule has 0 bridgehead atoms. The van der Waals surface area contributed by atoms with Crippen LogP contribution < -0.4 is 10.6 Å². The number of aromatic nitrogens is 2. The van der Waals surface area contributed by atoms with E-state index in [4.69, 9.17) is 4.74 Å². The number of amides is 3. The lowest BCUT2D eigenvalue weighted by Gasteiger charge is -2.11. The van der Waals surface area contributed by atoms with Crippen molar-refractivity contribution in [2.24, 2.45) is 0 Å². The molecule has 2 N–H and O–H groups in total. The minimum absolute atomic E-state index is 0.115. The lowest BCUT2D eigenvalue weighted by molar-refractivity contribution is -0.123. The molecule has 0 aliphatic rings. The van der Waals surface area contributed by atoms with Crippen molar-refractivity contribution < 1.29 is 19.1 Å². The van der Waals surface area contributed by atoms with E-state index in [1.807, 2.05) is 32.0 Å². The Balaban J connectivity index is 1.95. The van der Waals surface area contributed by atoms with Crippen LogP contribution in [0.2, 0.25) is 0 Å². The zero-order valence-electron chi connectivity index (χ0n) is 16.8. The number of esters is 1. The Labute approximate surface area is 173 Å². The van der Waals surface area contributed by atoms with Crippen LogP contribution in [0.3, 0.4) is 0 Å². The van der Waals surface area contributed by atoms with Gasteiger partial charge in [0, 0.05) is 23.2 Å². The van der Waals surface area contributed by atoms with Gasteiger partial charge < -0.3 is 10.1 Å². The van der Waals surface area contributed by atoms with Crippen molar-refractivity contribution in [3.05, 3.63) is 52.8 Å². The van der Waals surface area contributed by atoms with Crippen molar-refractivity contribution >= 4 is 29.7 Å². The van der Waals surface area contributed by atoms with Crippen LogP contribution in [0.25, 0.3) is 0 Å². The van der Waals surface area contributed by atoms with E-state index in [1.54, 1.807) is 26.0 Å². The number of carbonyl (C=O) groups is 3. The maximum Gasteiger partial charge on any atom is 0.338 e. The zero-order valence-corrected chi connectivity index (χ0v) is 17.6. The third kappa shape index (κ3) is 7.53. The molecule has 3 amide bonds. The predicted molar refractivity (Wildman–Crippen MR) is 110 cm³/mol. The van der Waals surface area contributed by atoms with E-state index < -0.39 is 24.5 Å². The van der Waals surface area contributed by atoms with E-state index in [-0.39, 0.29) is 6.04 Å². The van der Waals surface area contributed by atoms with Crippen LogP contribution in [0, 0.1) is 13.8 Å². The first kappa shape index (κ1) is 22.4.